The summed E-state index contributed by atoms with van der Waals surface area (Å²) in [5, 5.41) is 0. The van der Waals surface area contributed by atoms with Crippen molar-refractivity contribution < 1.29 is 9.53 Å². The summed E-state index contributed by atoms with van der Waals surface area (Å²) >= 11 is 0. The third-order valence-electron chi connectivity index (χ3n) is 2.30. The third kappa shape index (κ3) is 11.1. The maximum Gasteiger partial charge on any atom is 0.303 e. The molecular weight excluding hydrogens is 200 g/mol. The molecule has 0 unspecified atom stereocenters. The van der Waals surface area contributed by atoms with Crippen molar-refractivity contribution in [2.24, 2.45) is 0 Å². The van der Waals surface area contributed by atoms with Crippen LogP contribution >= 0.6 is 0 Å². The molecule has 0 N–H and O–H groups in total. The average molecular weight is 224 g/mol. The molecule has 0 heterocycles. The van der Waals surface area contributed by atoms with Gasteiger partial charge >= 0.3 is 5.97 Å². The summed E-state index contributed by atoms with van der Waals surface area (Å²) in [6.07, 6.45) is 8.35. The van der Waals surface area contributed by atoms with E-state index in [1.807, 2.05) is 0 Å². The molecule has 0 bridgehead atoms. The maximum atomic E-state index is 10.6. The Balaban J connectivity index is 3.36. The number of ether oxygens (including phenoxy) is 1. The topological polar surface area (TPSA) is 26.3 Å². The molecule has 1 atom stereocenters. The van der Waals surface area contributed by atoms with Crippen LogP contribution in [-0.2, 0) is 9.53 Å². The van der Waals surface area contributed by atoms with E-state index in [-0.39, 0.29) is 12.1 Å². The van der Waals surface area contributed by atoms with E-state index in [1.165, 1.54) is 39.0 Å². The van der Waals surface area contributed by atoms with E-state index in [0.29, 0.717) is 0 Å². The van der Waals surface area contributed by atoms with Gasteiger partial charge in [0.25, 0.3) is 0 Å². The second kappa shape index (κ2) is 10.5. The number of carbonyl (C=O) groups is 1. The third-order valence-corrected chi connectivity index (χ3v) is 2.30. The SMILES string of the molecule is CCCCCCCCC#C[C@@H](C)OC(C)=O. The Kier molecular flexibility index (Phi) is 9.91. The lowest BCUT2D eigenvalue weighted by atomic mass is 10.1. The Bertz CT molecular complexity index is 235. The minimum atomic E-state index is -0.266. The Morgan fingerprint density at radius 2 is 1.81 bits per heavy atom. The van der Waals surface area contributed by atoms with E-state index in [2.05, 4.69) is 18.8 Å². The monoisotopic (exact) mass is 224 g/mol. The van der Waals surface area contributed by atoms with Gasteiger partial charge in [0, 0.05) is 13.3 Å². The molecule has 0 radical (unpaired) electrons. The van der Waals surface area contributed by atoms with Crippen LogP contribution < -0.4 is 0 Å². The van der Waals surface area contributed by atoms with Gasteiger partial charge in [-0.05, 0) is 13.3 Å². The van der Waals surface area contributed by atoms with Gasteiger partial charge < -0.3 is 4.74 Å². The fraction of sp³-hybridized carbons (Fsp3) is 0.786. The normalized spacial score (nSPS) is 11.4. The van der Waals surface area contributed by atoms with E-state index in [4.69, 9.17) is 4.74 Å². The molecule has 0 saturated heterocycles. The van der Waals surface area contributed by atoms with Crippen molar-refractivity contribution in [3.63, 3.8) is 0 Å². The molecule has 0 aromatic carbocycles. The second-order valence-electron chi connectivity index (χ2n) is 4.09. The standard InChI is InChI=1S/C14H24O2/c1-4-5-6-7-8-9-10-11-12-13(2)16-14(3)15/h13H,4-10H2,1-3H3/t13-/m1/s1. The first-order chi connectivity index (χ1) is 7.66. The zero-order valence-corrected chi connectivity index (χ0v) is 10.8. The molecule has 0 aliphatic heterocycles. The zero-order chi connectivity index (χ0) is 12.2. The highest BCUT2D eigenvalue weighted by molar-refractivity contribution is 5.66. The number of hydrogen-bond acceptors (Lipinski definition) is 2. The van der Waals surface area contributed by atoms with Crippen molar-refractivity contribution >= 4 is 5.97 Å². The molecule has 0 aliphatic carbocycles. The molecule has 0 aromatic rings. The summed E-state index contributed by atoms with van der Waals surface area (Å²) in [5.41, 5.74) is 0. The number of unbranched alkanes of at least 4 members (excludes halogenated alkanes) is 6. The Morgan fingerprint density at radius 3 is 2.44 bits per heavy atom. The second-order valence-corrected chi connectivity index (χ2v) is 4.09. The Hall–Kier alpha value is -0.970. The lowest BCUT2D eigenvalue weighted by molar-refractivity contribution is -0.143. The van der Waals surface area contributed by atoms with E-state index in [9.17, 15) is 4.79 Å². The van der Waals surface area contributed by atoms with Crippen LogP contribution in [0.1, 0.15) is 65.7 Å². The maximum absolute atomic E-state index is 10.6. The smallest absolute Gasteiger partial charge is 0.303 e. The quantitative estimate of drug-likeness (QED) is 0.374. The van der Waals surface area contributed by atoms with Crippen LogP contribution in [0, 0.1) is 11.8 Å². The van der Waals surface area contributed by atoms with Crippen LogP contribution in [-0.4, -0.2) is 12.1 Å². The number of carbonyl (C=O) groups excluding carboxylic acids is 1. The molecule has 0 amide bonds. The summed E-state index contributed by atoms with van der Waals surface area (Å²) < 4.78 is 4.90. The van der Waals surface area contributed by atoms with Gasteiger partial charge in [-0.15, -0.1) is 0 Å². The summed E-state index contributed by atoms with van der Waals surface area (Å²) in [5.74, 6) is 5.71. The van der Waals surface area contributed by atoms with Crippen LogP contribution in [0.5, 0.6) is 0 Å². The largest absolute Gasteiger partial charge is 0.450 e. The van der Waals surface area contributed by atoms with Crippen LogP contribution in [0.15, 0.2) is 0 Å². The minimum absolute atomic E-state index is 0.263. The van der Waals surface area contributed by atoms with E-state index < -0.39 is 0 Å². The van der Waals surface area contributed by atoms with Gasteiger partial charge in [0.1, 0.15) is 0 Å². The van der Waals surface area contributed by atoms with Crippen molar-refractivity contribution in [3.8, 4) is 11.8 Å². The average Bonchev–Trinajstić information content (AvgIpc) is 2.21. The van der Waals surface area contributed by atoms with E-state index in [0.717, 1.165) is 12.8 Å². The molecule has 0 aromatic heterocycles. The summed E-state index contributed by atoms with van der Waals surface area (Å²) in [4.78, 5) is 10.6. The van der Waals surface area contributed by atoms with Crippen molar-refractivity contribution in [1.29, 1.82) is 0 Å². The molecule has 0 rings (SSSR count). The first-order valence-electron chi connectivity index (χ1n) is 6.32. The number of hydrogen-bond donors (Lipinski definition) is 0. The van der Waals surface area contributed by atoms with E-state index in [1.54, 1.807) is 6.92 Å². The number of rotatable bonds is 7. The summed E-state index contributed by atoms with van der Waals surface area (Å²) in [6.45, 7) is 5.43. The van der Waals surface area contributed by atoms with Gasteiger partial charge in [-0.3, -0.25) is 4.79 Å². The van der Waals surface area contributed by atoms with Gasteiger partial charge in [-0.25, -0.2) is 0 Å². The van der Waals surface area contributed by atoms with Gasteiger partial charge in [0.05, 0.1) is 0 Å². The van der Waals surface area contributed by atoms with Gasteiger partial charge in [-0.2, -0.15) is 0 Å². The molecule has 0 saturated carbocycles. The van der Waals surface area contributed by atoms with Crippen LogP contribution in [0.3, 0.4) is 0 Å². The highest BCUT2D eigenvalue weighted by Gasteiger charge is 1.98. The lowest BCUT2D eigenvalue weighted by Crippen LogP contribution is -2.09. The Morgan fingerprint density at radius 1 is 1.19 bits per heavy atom. The van der Waals surface area contributed by atoms with Gasteiger partial charge in [-0.1, -0.05) is 50.9 Å². The fourth-order valence-electron chi connectivity index (χ4n) is 1.49. The molecule has 92 valence electrons. The van der Waals surface area contributed by atoms with Gasteiger partial charge in [0.15, 0.2) is 6.10 Å². The molecular formula is C14H24O2. The molecule has 0 spiro atoms. The van der Waals surface area contributed by atoms with Crippen LogP contribution in [0.2, 0.25) is 0 Å². The molecule has 2 heteroatoms. The first kappa shape index (κ1) is 15.0. The van der Waals surface area contributed by atoms with Gasteiger partial charge in [0.2, 0.25) is 0 Å². The molecule has 2 nitrogen and oxygen atoms in total. The molecule has 16 heavy (non-hydrogen) atoms. The minimum Gasteiger partial charge on any atom is -0.450 e. The fourth-order valence-corrected chi connectivity index (χ4v) is 1.49. The summed E-state index contributed by atoms with van der Waals surface area (Å²) in [7, 11) is 0. The van der Waals surface area contributed by atoms with Crippen molar-refractivity contribution in [2.75, 3.05) is 0 Å². The predicted molar refractivity (Wildman–Crippen MR) is 67.0 cm³/mol. The van der Waals surface area contributed by atoms with Crippen molar-refractivity contribution in [1.82, 2.24) is 0 Å². The van der Waals surface area contributed by atoms with Crippen molar-refractivity contribution in [2.45, 2.75) is 71.8 Å². The highest BCUT2D eigenvalue weighted by atomic mass is 16.5. The molecule has 0 aliphatic rings. The number of esters is 1. The first-order valence-corrected chi connectivity index (χ1v) is 6.32. The molecule has 0 fully saturated rings. The van der Waals surface area contributed by atoms with Crippen LogP contribution in [0.4, 0.5) is 0 Å². The van der Waals surface area contributed by atoms with Crippen molar-refractivity contribution in [3.05, 3.63) is 0 Å². The van der Waals surface area contributed by atoms with Crippen LogP contribution in [0.25, 0.3) is 0 Å². The van der Waals surface area contributed by atoms with E-state index >= 15 is 0 Å². The highest BCUT2D eigenvalue weighted by Crippen LogP contribution is 2.06. The lowest BCUT2D eigenvalue weighted by Gasteiger charge is -2.02. The zero-order valence-electron chi connectivity index (χ0n) is 10.8. The Labute approximate surface area is 99.8 Å². The predicted octanol–water partition coefficient (Wildman–Crippen LogP) is 3.69. The summed E-state index contributed by atoms with van der Waals surface area (Å²) in [6, 6.07) is 0.